The molecule has 1 N–H and O–H groups in total. The van der Waals surface area contributed by atoms with Gasteiger partial charge in [-0.3, -0.25) is 14.9 Å². The lowest BCUT2D eigenvalue weighted by molar-refractivity contribution is -0.385. The van der Waals surface area contributed by atoms with Gasteiger partial charge in [0.15, 0.2) is 12.7 Å². The number of methoxy groups -OCH3 is 1. The van der Waals surface area contributed by atoms with Gasteiger partial charge in [0.1, 0.15) is 5.75 Å². The van der Waals surface area contributed by atoms with Crippen molar-refractivity contribution in [2.24, 2.45) is 5.92 Å². The standard InChI is InChI=1S/C17H24N2O7/c1-11(2)7-8-18-17(21)12(3)26-16(20)10-25-13-5-6-14(19(22)23)15(9-13)24-4/h5-6,9,11-12H,7-8,10H2,1-4H3,(H,18,21). The van der Waals surface area contributed by atoms with E-state index in [1.165, 1.54) is 32.2 Å². The van der Waals surface area contributed by atoms with Gasteiger partial charge >= 0.3 is 11.7 Å². The molecular formula is C17H24N2O7. The molecule has 144 valence electrons. The molecule has 1 aromatic rings. The molecular weight excluding hydrogens is 344 g/mol. The molecule has 1 unspecified atom stereocenters. The molecule has 0 bridgehead atoms. The van der Waals surface area contributed by atoms with Crippen LogP contribution in [0.5, 0.6) is 11.5 Å². The van der Waals surface area contributed by atoms with Crippen molar-refractivity contribution in [3.05, 3.63) is 28.3 Å². The number of ether oxygens (including phenoxy) is 3. The fraction of sp³-hybridized carbons (Fsp3) is 0.529. The Labute approximate surface area is 151 Å². The third-order valence-corrected chi connectivity index (χ3v) is 3.40. The second-order valence-electron chi connectivity index (χ2n) is 5.99. The van der Waals surface area contributed by atoms with Crippen molar-refractivity contribution in [2.45, 2.75) is 33.3 Å². The molecule has 0 aliphatic rings. The second-order valence-corrected chi connectivity index (χ2v) is 5.99. The molecule has 0 aliphatic carbocycles. The lowest BCUT2D eigenvalue weighted by atomic mass is 10.1. The molecule has 0 aliphatic heterocycles. The average Bonchev–Trinajstić information content (AvgIpc) is 2.58. The molecule has 0 fully saturated rings. The van der Waals surface area contributed by atoms with Gasteiger partial charge in [-0.05, 0) is 25.3 Å². The predicted molar refractivity (Wildman–Crippen MR) is 93.2 cm³/mol. The summed E-state index contributed by atoms with van der Waals surface area (Å²) < 4.78 is 15.1. The maximum Gasteiger partial charge on any atom is 0.344 e. The first-order valence-electron chi connectivity index (χ1n) is 8.17. The van der Waals surface area contributed by atoms with E-state index < -0.39 is 23.6 Å². The normalized spacial score (nSPS) is 11.6. The van der Waals surface area contributed by atoms with Crippen molar-refractivity contribution >= 4 is 17.6 Å². The zero-order valence-electron chi connectivity index (χ0n) is 15.3. The van der Waals surface area contributed by atoms with Crippen molar-refractivity contribution in [3.8, 4) is 11.5 Å². The Bertz CT molecular complexity index is 646. The number of nitro benzene ring substituents is 1. The number of esters is 1. The Morgan fingerprint density at radius 1 is 1.27 bits per heavy atom. The highest BCUT2D eigenvalue weighted by molar-refractivity contribution is 5.83. The van der Waals surface area contributed by atoms with Gasteiger partial charge in [-0.15, -0.1) is 0 Å². The topological polar surface area (TPSA) is 117 Å². The van der Waals surface area contributed by atoms with Crippen LogP contribution in [0.15, 0.2) is 18.2 Å². The van der Waals surface area contributed by atoms with E-state index in [-0.39, 0.29) is 23.1 Å². The van der Waals surface area contributed by atoms with Crippen LogP contribution in [0.1, 0.15) is 27.2 Å². The van der Waals surface area contributed by atoms with Crippen LogP contribution >= 0.6 is 0 Å². The number of rotatable bonds is 10. The lowest BCUT2D eigenvalue weighted by Gasteiger charge is -2.14. The average molecular weight is 368 g/mol. The van der Waals surface area contributed by atoms with Crippen molar-refractivity contribution in [1.29, 1.82) is 0 Å². The highest BCUT2D eigenvalue weighted by Crippen LogP contribution is 2.30. The van der Waals surface area contributed by atoms with Crippen LogP contribution in [0.2, 0.25) is 0 Å². The van der Waals surface area contributed by atoms with Crippen LogP contribution in [0, 0.1) is 16.0 Å². The summed E-state index contributed by atoms with van der Waals surface area (Å²) in [6, 6.07) is 3.85. The summed E-state index contributed by atoms with van der Waals surface area (Å²) in [4.78, 5) is 33.8. The van der Waals surface area contributed by atoms with Crippen LogP contribution in [0.3, 0.4) is 0 Å². The van der Waals surface area contributed by atoms with E-state index in [1.807, 2.05) is 13.8 Å². The number of benzene rings is 1. The maximum absolute atomic E-state index is 11.8. The minimum Gasteiger partial charge on any atom is -0.490 e. The van der Waals surface area contributed by atoms with E-state index in [0.29, 0.717) is 12.5 Å². The quantitative estimate of drug-likeness (QED) is 0.382. The largest absolute Gasteiger partial charge is 0.490 e. The second kappa shape index (κ2) is 10.2. The van der Waals surface area contributed by atoms with Crippen molar-refractivity contribution in [2.75, 3.05) is 20.3 Å². The van der Waals surface area contributed by atoms with Gasteiger partial charge in [0.05, 0.1) is 12.0 Å². The van der Waals surface area contributed by atoms with E-state index in [2.05, 4.69) is 5.32 Å². The molecule has 0 aromatic heterocycles. The zero-order chi connectivity index (χ0) is 19.7. The van der Waals surface area contributed by atoms with Gasteiger partial charge in [-0.1, -0.05) is 13.8 Å². The molecule has 9 heteroatoms. The van der Waals surface area contributed by atoms with Crippen LogP contribution in [-0.4, -0.2) is 43.2 Å². The number of carbonyl (C=O) groups is 2. The zero-order valence-corrected chi connectivity index (χ0v) is 15.3. The fourth-order valence-corrected chi connectivity index (χ4v) is 1.95. The monoisotopic (exact) mass is 368 g/mol. The Kier molecular flexibility index (Phi) is 8.33. The molecule has 1 amide bonds. The maximum atomic E-state index is 11.8. The summed E-state index contributed by atoms with van der Waals surface area (Å²) in [7, 11) is 1.29. The molecule has 1 rings (SSSR count). The molecule has 26 heavy (non-hydrogen) atoms. The van der Waals surface area contributed by atoms with Gasteiger partial charge in [0.2, 0.25) is 5.75 Å². The SMILES string of the molecule is COc1cc(OCC(=O)OC(C)C(=O)NCCC(C)C)ccc1[N+](=O)[O-]. The predicted octanol–water partition coefficient (Wildman–Crippen LogP) is 2.08. The number of hydrogen-bond acceptors (Lipinski definition) is 7. The highest BCUT2D eigenvalue weighted by Gasteiger charge is 2.19. The van der Waals surface area contributed by atoms with E-state index >= 15 is 0 Å². The molecule has 0 spiro atoms. The molecule has 0 saturated carbocycles. The van der Waals surface area contributed by atoms with E-state index in [4.69, 9.17) is 14.2 Å². The molecule has 1 atom stereocenters. The summed E-state index contributed by atoms with van der Waals surface area (Å²) in [6.45, 7) is 5.62. The van der Waals surface area contributed by atoms with Gasteiger partial charge in [-0.2, -0.15) is 0 Å². The minimum atomic E-state index is -0.940. The van der Waals surface area contributed by atoms with Crippen LogP contribution < -0.4 is 14.8 Å². The first-order valence-corrected chi connectivity index (χ1v) is 8.17. The summed E-state index contributed by atoms with van der Waals surface area (Å²) in [5.41, 5.74) is -0.214. The Hall–Kier alpha value is -2.84. The molecule has 0 saturated heterocycles. The first kappa shape index (κ1) is 21.2. The first-order chi connectivity index (χ1) is 12.2. The van der Waals surface area contributed by atoms with Gasteiger partial charge in [0, 0.05) is 18.7 Å². The fourth-order valence-electron chi connectivity index (χ4n) is 1.95. The number of carbonyl (C=O) groups excluding carboxylic acids is 2. The number of nitro groups is 1. The highest BCUT2D eigenvalue weighted by atomic mass is 16.6. The van der Waals surface area contributed by atoms with Crippen molar-refractivity contribution in [1.82, 2.24) is 5.32 Å². The summed E-state index contributed by atoms with van der Waals surface area (Å²) >= 11 is 0. The Balaban J connectivity index is 2.48. The molecule has 1 aromatic carbocycles. The van der Waals surface area contributed by atoms with E-state index in [1.54, 1.807) is 0 Å². The Morgan fingerprint density at radius 2 is 1.96 bits per heavy atom. The van der Waals surface area contributed by atoms with Gasteiger partial charge in [-0.25, -0.2) is 4.79 Å². The third kappa shape index (κ3) is 6.96. The minimum absolute atomic E-state index is 0.0127. The van der Waals surface area contributed by atoms with Crippen molar-refractivity contribution in [3.63, 3.8) is 0 Å². The van der Waals surface area contributed by atoms with Crippen LogP contribution in [-0.2, 0) is 14.3 Å². The van der Waals surface area contributed by atoms with Crippen LogP contribution in [0.25, 0.3) is 0 Å². The summed E-state index contributed by atoms with van der Waals surface area (Å²) in [5.74, 6) is -0.428. The summed E-state index contributed by atoms with van der Waals surface area (Å²) in [6.07, 6.45) is -0.109. The van der Waals surface area contributed by atoms with Crippen LogP contribution in [0.4, 0.5) is 5.69 Å². The van der Waals surface area contributed by atoms with E-state index in [0.717, 1.165) is 6.42 Å². The lowest BCUT2D eigenvalue weighted by Crippen LogP contribution is -2.37. The number of amides is 1. The summed E-state index contributed by atoms with van der Waals surface area (Å²) in [5, 5.41) is 13.5. The third-order valence-electron chi connectivity index (χ3n) is 3.40. The molecule has 9 nitrogen and oxygen atoms in total. The number of hydrogen-bond donors (Lipinski definition) is 1. The van der Waals surface area contributed by atoms with Gasteiger partial charge in [0.25, 0.3) is 5.91 Å². The Morgan fingerprint density at radius 3 is 2.54 bits per heavy atom. The number of nitrogens with zero attached hydrogens (tertiary/aromatic N) is 1. The van der Waals surface area contributed by atoms with Crippen molar-refractivity contribution < 1.29 is 28.7 Å². The van der Waals surface area contributed by atoms with E-state index in [9.17, 15) is 19.7 Å². The molecule has 0 radical (unpaired) electrons. The smallest absolute Gasteiger partial charge is 0.344 e. The molecule has 0 heterocycles. The number of nitrogens with one attached hydrogen (secondary N) is 1. The van der Waals surface area contributed by atoms with Gasteiger partial charge < -0.3 is 19.5 Å².